The van der Waals surface area contributed by atoms with Crippen LogP contribution in [0.1, 0.15) is 37.6 Å². The fraction of sp³-hybridized carbons (Fsp3) is 0.471. The molecule has 1 radical (unpaired) electrons. The molecule has 2 aliphatic rings. The van der Waals surface area contributed by atoms with Gasteiger partial charge in [0.2, 0.25) is 0 Å². The Morgan fingerprint density at radius 1 is 1.29 bits per heavy atom. The minimum Gasteiger partial charge on any atom is -0.390 e. The third-order valence-electron chi connectivity index (χ3n) is 5.04. The Labute approximate surface area is 139 Å². The summed E-state index contributed by atoms with van der Waals surface area (Å²) in [5.41, 5.74) is 4.91. The molecule has 2 aromatic rings. The number of aryl methyl sites for hydroxylation is 1. The van der Waals surface area contributed by atoms with Gasteiger partial charge in [-0.25, -0.2) is 0 Å². The second-order valence-corrected chi connectivity index (χ2v) is 6.20. The first-order valence-electron chi connectivity index (χ1n) is 7.48. The van der Waals surface area contributed by atoms with E-state index in [4.69, 9.17) is 4.98 Å². The van der Waals surface area contributed by atoms with Crippen LogP contribution in [0.25, 0.3) is 11.4 Å². The number of hydrogen-bond donors (Lipinski definition) is 0. The van der Waals surface area contributed by atoms with Crippen LogP contribution in [0.3, 0.4) is 0 Å². The van der Waals surface area contributed by atoms with Gasteiger partial charge in [0.1, 0.15) is 0 Å². The SMILES string of the molecule is Cc1nc2n(c1C)C1(C)CCCCN1c1ccc[c-]c1-2.[Ir]. The van der Waals surface area contributed by atoms with Crippen molar-refractivity contribution in [3.05, 3.63) is 35.7 Å². The van der Waals surface area contributed by atoms with Crippen molar-refractivity contribution in [2.45, 2.75) is 45.7 Å². The van der Waals surface area contributed by atoms with Crippen LogP contribution in [0.5, 0.6) is 0 Å². The van der Waals surface area contributed by atoms with E-state index in [-0.39, 0.29) is 25.8 Å². The maximum Gasteiger partial charge on any atom is 0.0994 e. The van der Waals surface area contributed by atoms with E-state index in [0.717, 1.165) is 23.6 Å². The number of anilines is 1. The summed E-state index contributed by atoms with van der Waals surface area (Å²) in [6.07, 6.45) is 3.74. The van der Waals surface area contributed by atoms with Crippen LogP contribution in [0.4, 0.5) is 5.69 Å². The quantitative estimate of drug-likeness (QED) is 0.562. The van der Waals surface area contributed by atoms with Crippen LogP contribution in [-0.4, -0.2) is 16.1 Å². The van der Waals surface area contributed by atoms with Crippen molar-refractivity contribution in [2.75, 3.05) is 11.4 Å². The summed E-state index contributed by atoms with van der Waals surface area (Å²) >= 11 is 0. The standard InChI is InChI=1S/C17H20N3.Ir/c1-12-13(2)20-16(18-12)14-8-4-5-9-15(14)19-11-7-6-10-17(19,20)3;/h4-5,9H,6-7,10-11H2,1-3H3;/q-1;. The fourth-order valence-corrected chi connectivity index (χ4v) is 3.92. The van der Waals surface area contributed by atoms with Gasteiger partial charge in [-0.2, -0.15) is 0 Å². The number of rotatable bonds is 0. The van der Waals surface area contributed by atoms with E-state index in [2.05, 4.69) is 48.4 Å². The third kappa shape index (κ3) is 1.85. The molecule has 0 N–H and O–H groups in total. The number of nitrogens with zero attached hydrogens (tertiary/aromatic N) is 3. The first-order valence-corrected chi connectivity index (χ1v) is 7.48. The number of fused-ring (bicyclic) bond motifs is 6. The molecule has 3 nitrogen and oxygen atoms in total. The molecule has 4 heteroatoms. The number of hydrogen-bond acceptors (Lipinski definition) is 2. The van der Waals surface area contributed by atoms with E-state index in [1.807, 2.05) is 6.07 Å². The summed E-state index contributed by atoms with van der Waals surface area (Å²) in [4.78, 5) is 7.39. The Morgan fingerprint density at radius 3 is 2.90 bits per heavy atom. The molecule has 1 aromatic carbocycles. The smallest absolute Gasteiger partial charge is 0.0994 e. The normalized spacial score (nSPS) is 22.9. The molecule has 1 aromatic heterocycles. The van der Waals surface area contributed by atoms with E-state index >= 15 is 0 Å². The summed E-state index contributed by atoms with van der Waals surface area (Å²) in [6.45, 7) is 7.79. The largest absolute Gasteiger partial charge is 0.390 e. The van der Waals surface area contributed by atoms with Crippen molar-refractivity contribution in [1.82, 2.24) is 9.55 Å². The number of piperidine rings is 1. The van der Waals surface area contributed by atoms with Gasteiger partial charge < -0.3 is 9.47 Å². The minimum absolute atomic E-state index is 0. The van der Waals surface area contributed by atoms with Gasteiger partial charge in [0.25, 0.3) is 0 Å². The molecule has 1 fully saturated rings. The Balaban J connectivity index is 0.00000132. The van der Waals surface area contributed by atoms with Crippen LogP contribution < -0.4 is 4.90 Å². The zero-order valence-corrected chi connectivity index (χ0v) is 15.1. The van der Waals surface area contributed by atoms with E-state index in [9.17, 15) is 0 Å². The van der Waals surface area contributed by atoms with Crippen LogP contribution in [-0.2, 0) is 25.8 Å². The topological polar surface area (TPSA) is 21.1 Å². The van der Waals surface area contributed by atoms with Gasteiger partial charge in [-0.15, -0.1) is 24.3 Å². The van der Waals surface area contributed by atoms with Crippen molar-refractivity contribution in [3.63, 3.8) is 0 Å². The van der Waals surface area contributed by atoms with Crippen molar-refractivity contribution in [1.29, 1.82) is 0 Å². The molecular weight excluding hydrogens is 438 g/mol. The second kappa shape index (κ2) is 4.96. The summed E-state index contributed by atoms with van der Waals surface area (Å²) in [5.74, 6) is 1.09. The second-order valence-electron chi connectivity index (χ2n) is 6.20. The van der Waals surface area contributed by atoms with Crippen LogP contribution >= 0.6 is 0 Å². The van der Waals surface area contributed by atoms with Gasteiger partial charge in [-0.3, -0.25) is 4.98 Å². The van der Waals surface area contributed by atoms with Gasteiger partial charge in [0.05, 0.1) is 11.5 Å². The molecule has 0 spiro atoms. The average Bonchev–Trinajstić information content (AvgIpc) is 2.76. The Morgan fingerprint density at radius 2 is 2.10 bits per heavy atom. The average molecular weight is 459 g/mol. The molecule has 0 bridgehead atoms. The molecule has 0 saturated carbocycles. The van der Waals surface area contributed by atoms with Gasteiger partial charge in [-0.05, 0) is 45.7 Å². The third-order valence-corrected chi connectivity index (χ3v) is 5.04. The maximum atomic E-state index is 4.83. The first kappa shape index (κ1) is 14.8. The Hall–Kier alpha value is -1.12. The molecule has 0 amide bonds. The minimum atomic E-state index is 0. The Kier molecular flexibility index (Phi) is 3.50. The van der Waals surface area contributed by atoms with E-state index in [1.54, 1.807) is 0 Å². The summed E-state index contributed by atoms with van der Waals surface area (Å²) in [5, 5.41) is 0. The molecule has 0 aliphatic carbocycles. The number of benzene rings is 1. The molecular formula is C17H20IrN3-. The maximum absolute atomic E-state index is 4.83. The van der Waals surface area contributed by atoms with Gasteiger partial charge >= 0.3 is 0 Å². The van der Waals surface area contributed by atoms with Crippen molar-refractivity contribution < 1.29 is 20.1 Å². The predicted octanol–water partition coefficient (Wildman–Crippen LogP) is 3.64. The number of aromatic nitrogens is 2. The van der Waals surface area contributed by atoms with Crippen molar-refractivity contribution in [3.8, 4) is 11.4 Å². The van der Waals surface area contributed by atoms with Crippen LogP contribution in [0.15, 0.2) is 18.2 Å². The predicted molar refractivity (Wildman–Crippen MR) is 80.8 cm³/mol. The van der Waals surface area contributed by atoms with Gasteiger partial charge in [0, 0.05) is 38.0 Å². The van der Waals surface area contributed by atoms with Crippen LogP contribution in [0.2, 0.25) is 0 Å². The molecule has 1 unspecified atom stereocenters. The van der Waals surface area contributed by atoms with E-state index in [1.165, 1.54) is 30.6 Å². The van der Waals surface area contributed by atoms with Gasteiger partial charge in [0.15, 0.2) is 0 Å². The fourth-order valence-electron chi connectivity index (χ4n) is 3.92. The molecule has 1 saturated heterocycles. The number of imidazole rings is 1. The molecule has 1 atom stereocenters. The summed E-state index contributed by atoms with van der Waals surface area (Å²) < 4.78 is 2.44. The molecule has 4 rings (SSSR count). The zero-order valence-electron chi connectivity index (χ0n) is 12.7. The van der Waals surface area contributed by atoms with Crippen molar-refractivity contribution in [2.24, 2.45) is 0 Å². The van der Waals surface area contributed by atoms with E-state index < -0.39 is 0 Å². The van der Waals surface area contributed by atoms with E-state index in [0.29, 0.717) is 0 Å². The molecule has 21 heavy (non-hydrogen) atoms. The van der Waals surface area contributed by atoms with Gasteiger partial charge in [-0.1, -0.05) is 5.56 Å². The zero-order chi connectivity index (χ0) is 13.9. The Bertz CT molecular complexity index is 691. The first-order chi connectivity index (χ1) is 9.63. The van der Waals surface area contributed by atoms with Crippen LogP contribution in [0, 0.1) is 19.9 Å². The summed E-state index contributed by atoms with van der Waals surface area (Å²) in [7, 11) is 0. The van der Waals surface area contributed by atoms with Crippen molar-refractivity contribution >= 4 is 5.69 Å². The molecule has 113 valence electrons. The summed E-state index contributed by atoms with van der Waals surface area (Å²) in [6, 6.07) is 9.72. The monoisotopic (exact) mass is 459 g/mol. The molecule has 2 aliphatic heterocycles. The molecule has 3 heterocycles.